The molecule has 2 unspecified atom stereocenters. The van der Waals surface area contributed by atoms with Crippen LogP contribution >= 0.6 is 0 Å². The van der Waals surface area contributed by atoms with Gasteiger partial charge in [-0.3, -0.25) is 9.59 Å². The Labute approximate surface area is 424 Å². The van der Waals surface area contributed by atoms with Crippen molar-refractivity contribution in [1.82, 2.24) is 5.32 Å². The normalized spacial score (nSPS) is 12.7. The molecule has 0 rings (SSSR count). The fourth-order valence-corrected chi connectivity index (χ4v) is 9.55. The summed E-state index contributed by atoms with van der Waals surface area (Å²) >= 11 is 0. The van der Waals surface area contributed by atoms with Crippen LogP contribution in [0.25, 0.3) is 0 Å². The van der Waals surface area contributed by atoms with Crippen LogP contribution in [0, 0.1) is 0 Å². The molecule has 68 heavy (non-hydrogen) atoms. The smallest absolute Gasteiger partial charge is 0.305 e. The zero-order chi connectivity index (χ0) is 49.3. The van der Waals surface area contributed by atoms with Gasteiger partial charge in [-0.05, 0) is 57.8 Å². The van der Waals surface area contributed by atoms with Crippen molar-refractivity contribution in [2.24, 2.45) is 0 Å². The summed E-state index contributed by atoms with van der Waals surface area (Å²) in [6.45, 7) is 4.90. The molecule has 6 heteroatoms. The van der Waals surface area contributed by atoms with Crippen LogP contribution in [0.5, 0.6) is 0 Å². The third kappa shape index (κ3) is 53.7. The number of unbranched alkanes of at least 4 members (excludes halogenated alkanes) is 42. The van der Waals surface area contributed by atoms with E-state index in [0.29, 0.717) is 25.9 Å². The summed E-state index contributed by atoms with van der Waals surface area (Å²) in [6, 6.07) is -0.560. The van der Waals surface area contributed by atoms with E-state index >= 15 is 0 Å². The van der Waals surface area contributed by atoms with E-state index in [9.17, 15) is 19.8 Å². The van der Waals surface area contributed by atoms with Crippen molar-refractivity contribution in [3.05, 3.63) is 24.3 Å². The molecule has 6 nitrogen and oxygen atoms in total. The van der Waals surface area contributed by atoms with Gasteiger partial charge in [-0.2, -0.15) is 0 Å². The summed E-state index contributed by atoms with van der Waals surface area (Å²) in [5, 5.41) is 23.4. The maximum absolute atomic E-state index is 12.5. The topological polar surface area (TPSA) is 95.9 Å². The first-order valence-corrected chi connectivity index (χ1v) is 30.6. The third-order valence-electron chi connectivity index (χ3n) is 14.3. The Morgan fingerprint density at radius 1 is 0.412 bits per heavy atom. The van der Waals surface area contributed by atoms with E-state index in [1.165, 1.54) is 238 Å². The average Bonchev–Trinajstić information content (AvgIpc) is 3.34. The highest BCUT2D eigenvalue weighted by molar-refractivity contribution is 5.76. The number of nitrogens with one attached hydrogen (secondary N) is 1. The minimum absolute atomic E-state index is 0.0253. The first-order valence-electron chi connectivity index (χ1n) is 30.6. The molecule has 1 amide bonds. The largest absolute Gasteiger partial charge is 0.466 e. The van der Waals surface area contributed by atoms with Crippen LogP contribution in [0.3, 0.4) is 0 Å². The monoisotopic (exact) mass is 958 g/mol. The van der Waals surface area contributed by atoms with Gasteiger partial charge in [0.25, 0.3) is 0 Å². The van der Waals surface area contributed by atoms with Gasteiger partial charge in [0.05, 0.1) is 25.4 Å². The molecule has 0 saturated carbocycles. The van der Waals surface area contributed by atoms with Crippen molar-refractivity contribution >= 4 is 11.9 Å². The van der Waals surface area contributed by atoms with Crippen LogP contribution in [-0.2, 0) is 14.3 Å². The second-order valence-corrected chi connectivity index (χ2v) is 21.0. The molecule has 0 bridgehead atoms. The lowest BCUT2D eigenvalue weighted by Gasteiger charge is -2.22. The highest BCUT2D eigenvalue weighted by Gasteiger charge is 2.20. The van der Waals surface area contributed by atoms with Crippen molar-refractivity contribution in [3.63, 3.8) is 0 Å². The van der Waals surface area contributed by atoms with Crippen LogP contribution < -0.4 is 5.32 Å². The Hall–Kier alpha value is -1.66. The molecule has 0 spiro atoms. The van der Waals surface area contributed by atoms with E-state index in [1.54, 1.807) is 0 Å². The number of aliphatic hydroxyl groups excluding tert-OH is 2. The molecule has 2 atom stereocenters. The summed E-state index contributed by atoms with van der Waals surface area (Å²) in [7, 11) is 0. The SMILES string of the molecule is CCCCC/C=C\C/C=C\CCCCCCCCCC(=O)OCCCCCCCCCCCCC(=O)NC(CO)C(O)CCCCCCCCCCCCCCCCCCCCCCCCCC. The molecular formula is C62H119NO5. The van der Waals surface area contributed by atoms with E-state index < -0.39 is 12.1 Å². The second kappa shape index (κ2) is 57.9. The zero-order valence-corrected chi connectivity index (χ0v) is 45.9. The molecule has 3 N–H and O–H groups in total. The van der Waals surface area contributed by atoms with Crippen LogP contribution in [-0.4, -0.2) is 47.4 Å². The highest BCUT2D eigenvalue weighted by atomic mass is 16.5. The summed E-state index contributed by atoms with van der Waals surface area (Å²) in [6.07, 6.45) is 70.3. The van der Waals surface area contributed by atoms with E-state index in [4.69, 9.17) is 4.74 Å². The fourth-order valence-electron chi connectivity index (χ4n) is 9.55. The molecule has 0 aliphatic carbocycles. The molecular weight excluding hydrogens is 839 g/mol. The van der Waals surface area contributed by atoms with Gasteiger partial charge in [0.1, 0.15) is 0 Å². The quantitative estimate of drug-likeness (QED) is 0.0321. The van der Waals surface area contributed by atoms with Crippen molar-refractivity contribution in [3.8, 4) is 0 Å². The van der Waals surface area contributed by atoms with E-state index in [1.807, 2.05) is 0 Å². The summed E-state index contributed by atoms with van der Waals surface area (Å²) < 4.78 is 5.47. The molecule has 0 radical (unpaired) electrons. The van der Waals surface area contributed by atoms with Gasteiger partial charge in [-0.15, -0.1) is 0 Å². The lowest BCUT2D eigenvalue weighted by molar-refractivity contribution is -0.143. The number of esters is 1. The van der Waals surface area contributed by atoms with Crippen LogP contribution in [0.2, 0.25) is 0 Å². The van der Waals surface area contributed by atoms with Crippen molar-refractivity contribution in [2.75, 3.05) is 13.2 Å². The molecule has 0 heterocycles. The summed E-state index contributed by atoms with van der Waals surface area (Å²) in [5.74, 6) is -0.0802. The first kappa shape index (κ1) is 66.3. The van der Waals surface area contributed by atoms with Gasteiger partial charge in [0, 0.05) is 12.8 Å². The average molecular weight is 959 g/mol. The number of ether oxygens (including phenoxy) is 1. The van der Waals surface area contributed by atoms with E-state index in [0.717, 1.165) is 64.2 Å². The predicted octanol–water partition coefficient (Wildman–Crippen LogP) is 19.0. The fraction of sp³-hybridized carbons (Fsp3) is 0.903. The minimum atomic E-state index is -0.681. The second-order valence-electron chi connectivity index (χ2n) is 21.0. The predicted molar refractivity (Wildman–Crippen MR) is 296 cm³/mol. The maximum atomic E-state index is 12.5. The lowest BCUT2D eigenvalue weighted by Crippen LogP contribution is -2.45. The Morgan fingerprint density at radius 2 is 0.735 bits per heavy atom. The van der Waals surface area contributed by atoms with Gasteiger partial charge >= 0.3 is 5.97 Å². The molecule has 0 aromatic rings. The molecule has 0 fully saturated rings. The zero-order valence-electron chi connectivity index (χ0n) is 45.9. The number of allylic oxidation sites excluding steroid dienone is 4. The highest BCUT2D eigenvalue weighted by Crippen LogP contribution is 2.18. The number of hydrogen-bond acceptors (Lipinski definition) is 5. The Kier molecular flexibility index (Phi) is 56.5. The number of carbonyl (C=O) groups excluding carboxylic acids is 2. The molecule has 0 aliphatic heterocycles. The van der Waals surface area contributed by atoms with Crippen molar-refractivity contribution in [1.29, 1.82) is 0 Å². The molecule has 0 saturated heterocycles. The van der Waals surface area contributed by atoms with Gasteiger partial charge in [-0.25, -0.2) is 0 Å². The van der Waals surface area contributed by atoms with Gasteiger partial charge in [0.2, 0.25) is 5.91 Å². The standard InChI is InChI=1S/C62H119NO5/c1-3-5-7-9-11-13-15-17-19-21-22-23-24-25-26-27-29-30-32-34-38-42-46-50-54-60(65)59(58-64)63-61(66)55-51-47-43-39-36-37-41-45-49-53-57-68-62(67)56-52-48-44-40-35-33-31-28-20-18-16-14-12-10-8-6-4-2/h12,14,18,20,59-60,64-65H,3-11,13,15-17,19,21-58H2,1-2H3,(H,63,66)/b14-12-,20-18-. The number of aliphatic hydroxyl groups is 2. The number of carbonyl (C=O) groups is 2. The van der Waals surface area contributed by atoms with Crippen molar-refractivity contribution in [2.45, 2.75) is 347 Å². The molecule has 402 valence electrons. The number of hydrogen-bond donors (Lipinski definition) is 3. The summed E-state index contributed by atoms with van der Waals surface area (Å²) in [4.78, 5) is 24.6. The molecule has 0 aromatic carbocycles. The Balaban J connectivity index is 3.46. The van der Waals surface area contributed by atoms with Crippen LogP contribution in [0.4, 0.5) is 0 Å². The first-order chi connectivity index (χ1) is 33.5. The third-order valence-corrected chi connectivity index (χ3v) is 14.3. The Morgan fingerprint density at radius 3 is 1.15 bits per heavy atom. The maximum Gasteiger partial charge on any atom is 0.305 e. The Bertz CT molecular complexity index is 1060. The minimum Gasteiger partial charge on any atom is -0.466 e. The molecule has 0 aromatic heterocycles. The van der Waals surface area contributed by atoms with Gasteiger partial charge in [0.15, 0.2) is 0 Å². The van der Waals surface area contributed by atoms with E-state index in [2.05, 4.69) is 43.5 Å². The number of rotatable bonds is 57. The lowest BCUT2D eigenvalue weighted by atomic mass is 10.0. The van der Waals surface area contributed by atoms with Gasteiger partial charge in [-0.1, -0.05) is 289 Å². The molecule has 0 aliphatic rings. The summed E-state index contributed by atoms with van der Waals surface area (Å²) in [5.41, 5.74) is 0. The van der Waals surface area contributed by atoms with Crippen LogP contribution in [0.1, 0.15) is 335 Å². The van der Waals surface area contributed by atoms with E-state index in [-0.39, 0.29) is 18.5 Å². The van der Waals surface area contributed by atoms with Crippen LogP contribution in [0.15, 0.2) is 24.3 Å². The number of amides is 1. The van der Waals surface area contributed by atoms with Crippen molar-refractivity contribution < 1.29 is 24.5 Å². The van der Waals surface area contributed by atoms with Gasteiger partial charge < -0.3 is 20.3 Å².